The number of para-hydroxylation sites is 2. The Hall–Kier alpha value is -3.46. The number of imide groups is 1. The minimum absolute atomic E-state index is 0.0463. The fraction of sp³-hybridized carbons (Fsp3) is 0.500. The Morgan fingerprint density at radius 2 is 1.65 bits per heavy atom. The Labute approximate surface area is 218 Å². The van der Waals surface area contributed by atoms with Gasteiger partial charge in [0, 0.05) is 31.4 Å². The number of nitrogens with one attached hydrogen (secondary N) is 2. The topological polar surface area (TPSA) is 97.9 Å². The smallest absolute Gasteiger partial charge is 0.323 e. The summed E-state index contributed by atoms with van der Waals surface area (Å²) >= 11 is 0. The Bertz CT molecular complexity index is 1090. The molecule has 9 nitrogen and oxygen atoms in total. The van der Waals surface area contributed by atoms with Gasteiger partial charge in [-0.1, -0.05) is 44.2 Å². The average molecular weight is 505 g/mol. The lowest BCUT2D eigenvalue weighted by molar-refractivity contribution is -0.116. The molecule has 1 saturated carbocycles. The van der Waals surface area contributed by atoms with Gasteiger partial charge in [0.2, 0.25) is 5.91 Å². The van der Waals surface area contributed by atoms with E-state index in [-0.39, 0.29) is 12.6 Å². The summed E-state index contributed by atoms with van der Waals surface area (Å²) in [6, 6.07) is 10.3. The maximum atomic E-state index is 13.9. The van der Waals surface area contributed by atoms with Gasteiger partial charge in [0.1, 0.15) is 6.54 Å². The molecule has 37 heavy (non-hydrogen) atoms. The molecule has 0 spiro atoms. The molecule has 3 heterocycles. The molecule has 0 unspecified atom stereocenters. The number of aromatic nitrogens is 1. The first-order valence-corrected chi connectivity index (χ1v) is 13.5. The van der Waals surface area contributed by atoms with E-state index in [0.717, 1.165) is 30.8 Å². The number of pyridine rings is 1. The zero-order chi connectivity index (χ0) is 25.6. The quantitative estimate of drug-likeness (QED) is 0.592. The molecule has 3 aliphatic rings. The molecule has 0 atom stereocenters. The number of piperidine rings is 1. The molecule has 9 heteroatoms. The largest absolute Gasteiger partial charge is 0.333 e. The first-order chi connectivity index (χ1) is 18.1. The highest BCUT2D eigenvalue weighted by molar-refractivity contribution is 6.14. The maximum Gasteiger partial charge on any atom is 0.333 e. The number of carbonyl (C=O) groups is 3. The third kappa shape index (κ3) is 5.93. The molecule has 2 fully saturated rings. The number of rotatable bonds is 5. The van der Waals surface area contributed by atoms with Crippen molar-refractivity contribution in [3.63, 3.8) is 0 Å². The van der Waals surface area contributed by atoms with Crippen molar-refractivity contribution in [2.24, 2.45) is 0 Å². The summed E-state index contributed by atoms with van der Waals surface area (Å²) < 4.78 is 0. The van der Waals surface area contributed by atoms with Crippen molar-refractivity contribution in [2.75, 3.05) is 35.2 Å². The average Bonchev–Trinajstić information content (AvgIpc) is 2.99. The number of nitrogens with zero attached hydrogens (tertiary/aromatic N) is 4. The van der Waals surface area contributed by atoms with Crippen molar-refractivity contribution < 1.29 is 14.4 Å². The number of carbonyl (C=O) groups excluding carboxylic acids is 3. The zero-order valence-electron chi connectivity index (χ0n) is 21.3. The Morgan fingerprint density at radius 3 is 2.38 bits per heavy atom. The molecule has 2 N–H and O–H groups in total. The van der Waals surface area contributed by atoms with E-state index in [0.29, 0.717) is 23.1 Å². The van der Waals surface area contributed by atoms with E-state index < -0.39 is 18.0 Å². The predicted octanol–water partition coefficient (Wildman–Crippen LogP) is 5.07. The van der Waals surface area contributed by atoms with Gasteiger partial charge in [0.05, 0.1) is 23.3 Å². The molecule has 1 aromatic heterocycles. The molecule has 1 saturated heterocycles. The number of hydrogen-bond acceptors (Lipinski definition) is 5. The molecule has 5 amide bonds. The van der Waals surface area contributed by atoms with Crippen molar-refractivity contribution in [3.05, 3.63) is 48.8 Å². The minimum Gasteiger partial charge on any atom is -0.323 e. The maximum absolute atomic E-state index is 13.9. The van der Waals surface area contributed by atoms with Gasteiger partial charge >= 0.3 is 12.1 Å². The third-order valence-corrected chi connectivity index (χ3v) is 7.79. The highest BCUT2D eigenvalue weighted by Crippen LogP contribution is 2.35. The molecular formula is C28H36N6O3. The summed E-state index contributed by atoms with van der Waals surface area (Å²) in [6.45, 7) is 1.49. The molecule has 5 rings (SSSR count). The fourth-order valence-electron chi connectivity index (χ4n) is 5.87. The third-order valence-electron chi connectivity index (χ3n) is 7.79. The summed E-state index contributed by atoms with van der Waals surface area (Å²) in [5, 5.41) is 5.55. The van der Waals surface area contributed by atoms with Crippen LogP contribution in [0.2, 0.25) is 0 Å². The second-order valence-electron chi connectivity index (χ2n) is 10.2. The first-order valence-electron chi connectivity index (χ1n) is 13.5. The van der Waals surface area contributed by atoms with Gasteiger partial charge in [0.15, 0.2) is 0 Å². The van der Waals surface area contributed by atoms with Crippen LogP contribution in [0.5, 0.6) is 0 Å². The number of urea groups is 2. The van der Waals surface area contributed by atoms with Crippen LogP contribution < -0.4 is 15.5 Å². The van der Waals surface area contributed by atoms with E-state index in [1.54, 1.807) is 29.3 Å². The molecule has 0 radical (unpaired) electrons. The lowest BCUT2D eigenvalue weighted by atomic mass is 9.93. The number of likely N-dealkylation sites (tertiary alicyclic amines) is 1. The summed E-state index contributed by atoms with van der Waals surface area (Å²) in [4.78, 5) is 49.1. The van der Waals surface area contributed by atoms with Crippen molar-refractivity contribution in [1.82, 2.24) is 14.8 Å². The molecule has 196 valence electrons. The van der Waals surface area contributed by atoms with Crippen LogP contribution in [0.4, 0.5) is 26.7 Å². The molecule has 0 bridgehead atoms. The van der Waals surface area contributed by atoms with Gasteiger partial charge in [-0.05, 0) is 49.9 Å². The standard InChI is InChI=1S/C28H36N6O3/c35-26(30-21-9-8-16-29-19-21)20-33-27(36)31-24-12-6-7-13-25(24)34(28(33)37)23-14-17-32(18-15-23)22-10-4-2-1-3-5-11-22/h6-9,12-13,16,19,22-23H,1-5,10-11,14-15,17-18,20H2,(H,30,35)(H,31,36). The van der Waals surface area contributed by atoms with E-state index in [2.05, 4.69) is 20.5 Å². The van der Waals surface area contributed by atoms with Crippen LogP contribution in [0.15, 0.2) is 48.8 Å². The monoisotopic (exact) mass is 504 g/mol. The number of anilines is 3. The van der Waals surface area contributed by atoms with E-state index in [9.17, 15) is 14.4 Å². The molecular weight excluding hydrogens is 468 g/mol. The molecule has 1 aliphatic carbocycles. The van der Waals surface area contributed by atoms with Crippen LogP contribution in [0.25, 0.3) is 0 Å². The lowest BCUT2D eigenvalue weighted by Gasteiger charge is -2.42. The lowest BCUT2D eigenvalue weighted by Crippen LogP contribution is -2.55. The van der Waals surface area contributed by atoms with Crippen molar-refractivity contribution in [3.8, 4) is 0 Å². The second-order valence-corrected chi connectivity index (χ2v) is 10.2. The van der Waals surface area contributed by atoms with E-state index in [1.165, 1.54) is 51.1 Å². The Kier molecular flexibility index (Phi) is 7.99. The minimum atomic E-state index is -0.603. The normalized spacial score (nSPS) is 20.4. The first kappa shape index (κ1) is 25.2. The van der Waals surface area contributed by atoms with Crippen LogP contribution in [-0.2, 0) is 4.79 Å². The molecule has 2 aromatic rings. The SMILES string of the molecule is O=C(CN1C(=O)Nc2ccccc2N(C2CCN(C3CCCCCCC3)CC2)C1=O)Nc1cccnc1. The number of amides is 5. The highest BCUT2D eigenvalue weighted by atomic mass is 16.2. The van der Waals surface area contributed by atoms with Crippen molar-refractivity contribution >= 4 is 35.0 Å². The second kappa shape index (κ2) is 11.7. The summed E-state index contributed by atoms with van der Waals surface area (Å²) in [5.41, 5.74) is 1.77. The van der Waals surface area contributed by atoms with Gasteiger partial charge in [-0.2, -0.15) is 0 Å². The number of benzene rings is 1. The van der Waals surface area contributed by atoms with Gasteiger partial charge in [-0.3, -0.25) is 14.7 Å². The van der Waals surface area contributed by atoms with Gasteiger partial charge in [-0.15, -0.1) is 0 Å². The van der Waals surface area contributed by atoms with Crippen molar-refractivity contribution in [1.29, 1.82) is 0 Å². The van der Waals surface area contributed by atoms with Gasteiger partial charge in [-0.25, -0.2) is 14.5 Å². The van der Waals surface area contributed by atoms with Gasteiger partial charge in [0.25, 0.3) is 0 Å². The number of fused-ring (bicyclic) bond motifs is 1. The Morgan fingerprint density at radius 1 is 0.919 bits per heavy atom. The predicted molar refractivity (Wildman–Crippen MR) is 144 cm³/mol. The molecule has 2 aliphatic heterocycles. The van der Waals surface area contributed by atoms with E-state index in [4.69, 9.17) is 0 Å². The van der Waals surface area contributed by atoms with Crippen LogP contribution in [0, 0.1) is 0 Å². The van der Waals surface area contributed by atoms with Crippen LogP contribution in [0.1, 0.15) is 57.8 Å². The summed E-state index contributed by atoms with van der Waals surface area (Å²) in [6.07, 6.45) is 13.9. The fourth-order valence-corrected chi connectivity index (χ4v) is 5.87. The van der Waals surface area contributed by atoms with Crippen LogP contribution >= 0.6 is 0 Å². The zero-order valence-corrected chi connectivity index (χ0v) is 21.3. The van der Waals surface area contributed by atoms with Crippen molar-refractivity contribution in [2.45, 2.75) is 69.9 Å². The Balaban J connectivity index is 1.31. The molecule has 1 aromatic carbocycles. The van der Waals surface area contributed by atoms with Gasteiger partial charge < -0.3 is 15.5 Å². The summed E-state index contributed by atoms with van der Waals surface area (Å²) in [5.74, 6) is -0.457. The van der Waals surface area contributed by atoms with E-state index >= 15 is 0 Å². The van der Waals surface area contributed by atoms with Crippen LogP contribution in [0.3, 0.4) is 0 Å². The van der Waals surface area contributed by atoms with Crippen LogP contribution in [-0.4, -0.2) is 64.5 Å². The highest BCUT2D eigenvalue weighted by Gasteiger charge is 2.39. The van der Waals surface area contributed by atoms with E-state index in [1.807, 2.05) is 18.2 Å². The number of hydrogen-bond donors (Lipinski definition) is 2. The summed E-state index contributed by atoms with van der Waals surface area (Å²) in [7, 11) is 0.